The van der Waals surface area contributed by atoms with Crippen molar-refractivity contribution < 1.29 is 14.0 Å². The van der Waals surface area contributed by atoms with Crippen LogP contribution in [0.15, 0.2) is 24.3 Å². The van der Waals surface area contributed by atoms with Gasteiger partial charge in [-0.15, -0.1) is 0 Å². The second-order valence-corrected chi connectivity index (χ2v) is 9.32. The van der Waals surface area contributed by atoms with Crippen molar-refractivity contribution in [2.24, 2.45) is 11.8 Å². The van der Waals surface area contributed by atoms with Crippen LogP contribution in [0.5, 0.6) is 0 Å². The molecule has 0 bridgehead atoms. The number of halogens is 1. The van der Waals surface area contributed by atoms with E-state index >= 15 is 0 Å². The Hall–Kier alpha value is -2.15. The van der Waals surface area contributed by atoms with Gasteiger partial charge in [-0.3, -0.25) is 14.5 Å². The molecule has 0 spiro atoms. The highest BCUT2D eigenvalue weighted by Gasteiger charge is 2.34. The summed E-state index contributed by atoms with van der Waals surface area (Å²) < 4.78 is 13.1. The molecule has 6 nitrogen and oxygen atoms in total. The molecule has 1 aromatic rings. The van der Waals surface area contributed by atoms with E-state index in [2.05, 4.69) is 9.80 Å². The van der Waals surface area contributed by atoms with Crippen molar-refractivity contribution in [1.82, 2.24) is 14.7 Å². The van der Waals surface area contributed by atoms with Crippen molar-refractivity contribution in [2.45, 2.75) is 32.1 Å². The van der Waals surface area contributed by atoms with Crippen molar-refractivity contribution in [3.8, 4) is 0 Å². The van der Waals surface area contributed by atoms with E-state index in [0.29, 0.717) is 31.5 Å². The molecule has 0 N–H and O–H groups in total. The lowest BCUT2D eigenvalue weighted by molar-refractivity contribution is -0.137. The van der Waals surface area contributed by atoms with E-state index in [0.717, 1.165) is 70.5 Å². The number of piperazine rings is 1. The molecule has 0 saturated carbocycles. The Kier molecular flexibility index (Phi) is 7.10. The van der Waals surface area contributed by atoms with Gasteiger partial charge in [0.25, 0.3) is 0 Å². The smallest absolute Gasteiger partial charge is 0.236 e. The maximum atomic E-state index is 13.1. The Bertz CT molecular complexity index is 755. The molecule has 3 aliphatic heterocycles. The SMILES string of the molecule is CN1CCCC[C@H](C2CCN(CC(=O)N3CCN(c4ccc(F)cc4)CC3)CC2)C1=O. The molecular weight excluding hydrogens is 395 g/mol. The van der Waals surface area contributed by atoms with Crippen LogP contribution in [0, 0.1) is 17.7 Å². The second kappa shape index (κ2) is 9.98. The minimum absolute atomic E-state index is 0.171. The zero-order chi connectivity index (χ0) is 21.8. The van der Waals surface area contributed by atoms with Crippen LogP contribution in [0.3, 0.4) is 0 Å². The molecule has 3 saturated heterocycles. The molecular formula is C24H35FN4O2. The molecule has 0 unspecified atom stereocenters. The van der Waals surface area contributed by atoms with Gasteiger partial charge in [-0.2, -0.15) is 0 Å². The van der Waals surface area contributed by atoms with Gasteiger partial charge in [0.05, 0.1) is 6.54 Å². The van der Waals surface area contributed by atoms with Crippen LogP contribution in [0.2, 0.25) is 0 Å². The molecule has 31 heavy (non-hydrogen) atoms. The fourth-order valence-electron chi connectivity index (χ4n) is 5.34. The van der Waals surface area contributed by atoms with Crippen LogP contribution < -0.4 is 4.90 Å². The summed E-state index contributed by atoms with van der Waals surface area (Å²) in [5.74, 6) is 0.925. The van der Waals surface area contributed by atoms with Gasteiger partial charge in [-0.1, -0.05) is 6.42 Å². The van der Waals surface area contributed by atoms with E-state index in [1.54, 1.807) is 12.1 Å². The summed E-state index contributed by atoms with van der Waals surface area (Å²) in [4.78, 5) is 33.9. The first-order valence-corrected chi connectivity index (χ1v) is 11.8. The summed E-state index contributed by atoms with van der Waals surface area (Å²) >= 11 is 0. The molecule has 0 aromatic heterocycles. The molecule has 170 valence electrons. The largest absolute Gasteiger partial charge is 0.368 e. The van der Waals surface area contributed by atoms with Crippen LogP contribution in [0.1, 0.15) is 32.1 Å². The molecule has 3 aliphatic rings. The lowest BCUT2D eigenvalue weighted by Crippen LogP contribution is -2.52. The van der Waals surface area contributed by atoms with Gasteiger partial charge in [0, 0.05) is 51.4 Å². The number of carbonyl (C=O) groups excluding carboxylic acids is 2. The second-order valence-electron chi connectivity index (χ2n) is 9.32. The monoisotopic (exact) mass is 430 g/mol. The number of amides is 2. The highest BCUT2D eigenvalue weighted by atomic mass is 19.1. The summed E-state index contributed by atoms with van der Waals surface area (Å²) in [5, 5.41) is 0. The molecule has 2 amide bonds. The number of likely N-dealkylation sites (tertiary alicyclic amines) is 2. The summed E-state index contributed by atoms with van der Waals surface area (Å²) in [6.07, 6.45) is 5.29. The molecule has 7 heteroatoms. The van der Waals surface area contributed by atoms with E-state index in [4.69, 9.17) is 0 Å². The number of anilines is 1. The highest BCUT2D eigenvalue weighted by Crippen LogP contribution is 2.31. The summed E-state index contributed by atoms with van der Waals surface area (Å²) in [6.45, 7) is 6.12. The maximum absolute atomic E-state index is 13.1. The van der Waals surface area contributed by atoms with Gasteiger partial charge < -0.3 is 14.7 Å². The average Bonchev–Trinajstić information content (AvgIpc) is 2.96. The van der Waals surface area contributed by atoms with Crippen molar-refractivity contribution in [3.05, 3.63) is 30.1 Å². The minimum atomic E-state index is -0.225. The third-order valence-corrected chi connectivity index (χ3v) is 7.34. The van der Waals surface area contributed by atoms with Crippen LogP contribution >= 0.6 is 0 Å². The van der Waals surface area contributed by atoms with E-state index in [9.17, 15) is 14.0 Å². The number of rotatable bonds is 4. The van der Waals surface area contributed by atoms with Crippen molar-refractivity contribution in [1.29, 1.82) is 0 Å². The van der Waals surface area contributed by atoms with Crippen molar-refractivity contribution in [2.75, 3.05) is 64.3 Å². The quantitative estimate of drug-likeness (QED) is 0.736. The Balaban J connectivity index is 1.21. The van der Waals surface area contributed by atoms with Crippen LogP contribution in [0.25, 0.3) is 0 Å². The summed E-state index contributed by atoms with van der Waals surface area (Å²) in [5.41, 5.74) is 1.01. The average molecular weight is 431 g/mol. The van der Waals surface area contributed by atoms with E-state index in [-0.39, 0.29) is 17.6 Å². The summed E-state index contributed by atoms with van der Waals surface area (Å²) in [7, 11) is 1.93. The lowest BCUT2D eigenvalue weighted by Gasteiger charge is -2.39. The van der Waals surface area contributed by atoms with E-state index in [1.807, 2.05) is 16.8 Å². The van der Waals surface area contributed by atoms with Gasteiger partial charge in [0.2, 0.25) is 11.8 Å². The number of hydrogen-bond acceptors (Lipinski definition) is 4. The topological polar surface area (TPSA) is 47.1 Å². The normalized spacial score (nSPS) is 24.4. The van der Waals surface area contributed by atoms with Gasteiger partial charge in [0.15, 0.2) is 0 Å². The first-order chi connectivity index (χ1) is 15.0. The summed E-state index contributed by atoms with van der Waals surface area (Å²) in [6, 6.07) is 6.57. The highest BCUT2D eigenvalue weighted by molar-refractivity contribution is 5.79. The van der Waals surface area contributed by atoms with Gasteiger partial charge in [-0.25, -0.2) is 4.39 Å². The zero-order valence-electron chi connectivity index (χ0n) is 18.6. The third kappa shape index (κ3) is 5.37. The van der Waals surface area contributed by atoms with Crippen molar-refractivity contribution in [3.63, 3.8) is 0 Å². The van der Waals surface area contributed by atoms with Gasteiger partial charge >= 0.3 is 0 Å². The molecule has 3 heterocycles. The van der Waals surface area contributed by atoms with Crippen LogP contribution in [-0.2, 0) is 9.59 Å². The first kappa shape index (κ1) is 22.1. The Morgan fingerprint density at radius 1 is 0.935 bits per heavy atom. The predicted molar refractivity (Wildman–Crippen MR) is 119 cm³/mol. The third-order valence-electron chi connectivity index (χ3n) is 7.34. The fourth-order valence-corrected chi connectivity index (χ4v) is 5.34. The number of benzene rings is 1. The minimum Gasteiger partial charge on any atom is -0.368 e. The maximum Gasteiger partial charge on any atom is 0.236 e. The standard InChI is InChI=1S/C24H35FN4O2/c1-26-11-3-2-4-22(24(26)31)19-9-12-27(13-10-19)18-23(30)29-16-14-28(15-17-29)21-7-5-20(25)6-8-21/h5-8,19,22H,2-4,9-18H2,1H3/t22-/m1/s1. The molecule has 3 fully saturated rings. The van der Waals surface area contributed by atoms with E-state index < -0.39 is 0 Å². The first-order valence-electron chi connectivity index (χ1n) is 11.8. The van der Waals surface area contributed by atoms with Gasteiger partial charge in [0.1, 0.15) is 5.82 Å². The van der Waals surface area contributed by atoms with E-state index in [1.165, 1.54) is 12.1 Å². The predicted octanol–water partition coefficient (Wildman–Crippen LogP) is 2.44. The molecule has 0 radical (unpaired) electrons. The lowest BCUT2D eigenvalue weighted by atomic mass is 9.81. The zero-order valence-corrected chi connectivity index (χ0v) is 18.6. The Morgan fingerprint density at radius 2 is 1.61 bits per heavy atom. The Morgan fingerprint density at radius 3 is 2.29 bits per heavy atom. The molecule has 4 rings (SSSR count). The Labute approximate surface area is 185 Å². The van der Waals surface area contributed by atoms with Crippen molar-refractivity contribution >= 4 is 17.5 Å². The fraction of sp³-hybridized carbons (Fsp3) is 0.667. The molecule has 1 atom stereocenters. The number of piperidine rings is 1. The van der Waals surface area contributed by atoms with Crippen LogP contribution in [-0.4, -0.2) is 85.9 Å². The number of nitrogens with zero attached hydrogens (tertiary/aromatic N) is 4. The van der Waals surface area contributed by atoms with Crippen LogP contribution in [0.4, 0.5) is 10.1 Å². The molecule has 0 aliphatic carbocycles. The number of hydrogen-bond donors (Lipinski definition) is 0. The molecule has 1 aromatic carbocycles. The number of carbonyl (C=O) groups is 2. The van der Waals surface area contributed by atoms with Gasteiger partial charge in [-0.05, 0) is 69.0 Å².